The van der Waals surface area contributed by atoms with Gasteiger partial charge in [-0.05, 0) is 18.8 Å². The Bertz CT molecular complexity index is 311. The number of hydrogen-bond donors (Lipinski definition) is 1. The van der Waals surface area contributed by atoms with Gasteiger partial charge in [0, 0.05) is 24.7 Å². The summed E-state index contributed by atoms with van der Waals surface area (Å²) in [6, 6.07) is 0.00850. The first-order valence-electron chi connectivity index (χ1n) is 7.91. The fourth-order valence-electron chi connectivity index (χ4n) is 3.81. The smallest absolute Gasteiger partial charge is 0.308 e. The number of rotatable bonds is 3. The molecule has 0 aromatic carbocycles. The zero-order chi connectivity index (χ0) is 14.8. The summed E-state index contributed by atoms with van der Waals surface area (Å²) in [5, 5.41) is 3.61. The molecule has 20 heavy (non-hydrogen) atoms. The third-order valence-corrected chi connectivity index (χ3v) is 5.15. The summed E-state index contributed by atoms with van der Waals surface area (Å²) < 4.78 is 38.6. The third-order valence-electron chi connectivity index (χ3n) is 5.15. The quantitative estimate of drug-likeness (QED) is 0.855. The summed E-state index contributed by atoms with van der Waals surface area (Å²) >= 11 is 0. The van der Waals surface area contributed by atoms with E-state index in [1.807, 2.05) is 0 Å². The van der Waals surface area contributed by atoms with Gasteiger partial charge in [0.05, 0.1) is 6.54 Å². The van der Waals surface area contributed by atoms with Crippen molar-refractivity contribution in [1.29, 1.82) is 0 Å². The molecule has 1 heterocycles. The summed E-state index contributed by atoms with van der Waals surface area (Å²) in [5.41, 5.74) is -0.0620. The molecule has 2 atom stereocenters. The Hall–Kier alpha value is -0.290. The van der Waals surface area contributed by atoms with E-state index in [1.165, 1.54) is 6.42 Å². The van der Waals surface area contributed by atoms with E-state index in [-0.39, 0.29) is 11.6 Å². The summed E-state index contributed by atoms with van der Waals surface area (Å²) in [6.07, 6.45) is 2.37. The van der Waals surface area contributed by atoms with Crippen LogP contribution in [0.1, 0.15) is 52.4 Å². The van der Waals surface area contributed by atoms with Gasteiger partial charge in [-0.15, -0.1) is 0 Å². The van der Waals surface area contributed by atoms with Crippen molar-refractivity contribution >= 4 is 0 Å². The molecule has 0 bridgehead atoms. The normalized spacial score (nSPS) is 29.6. The van der Waals surface area contributed by atoms with E-state index >= 15 is 0 Å². The van der Waals surface area contributed by atoms with Crippen molar-refractivity contribution in [2.75, 3.05) is 19.6 Å². The number of alkyl halides is 3. The third kappa shape index (κ3) is 3.88. The summed E-state index contributed by atoms with van der Waals surface area (Å²) in [4.78, 5) is 1.70. The Morgan fingerprint density at radius 2 is 1.90 bits per heavy atom. The van der Waals surface area contributed by atoms with Gasteiger partial charge in [-0.1, -0.05) is 39.5 Å². The predicted molar refractivity (Wildman–Crippen MR) is 74.7 cm³/mol. The van der Waals surface area contributed by atoms with Crippen molar-refractivity contribution in [1.82, 2.24) is 10.2 Å². The van der Waals surface area contributed by atoms with Crippen molar-refractivity contribution in [3.63, 3.8) is 0 Å². The minimum Gasteiger partial charge on any atom is -0.308 e. The van der Waals surface area contributed by atoms with E-state index in [0.717, 1.165) is 32.1 Å². The molecule has 0 aromatic heterocycles. The van der Waals surface area contributed by atoms with Crippen LogP contribution in [0.2, 0.25) is 0 Å². The van der Waals surface area contributed by atoms with Crippen LogP contribution in [0.5, 0.6) is 0 Å². The highest BCUT2D eigenvalue weighted by molar-refractivity contribution is 5.00. The molecule has 1 saturated carbocycles. The molecule has 1 N–H and O–H groups in total. The SMILES string of the molecule is CCC(C)C1CNC2(CCCCC2)CN1CC(F)(F)F. The first-order chi connectivity index (χ1) is 9.35. The zero-order valence-corrected chi connectivity index (χ0v) is 12.6. The van der Waals surface area contributed by atoms with Crippen molar-refractivity contribution in [3.8, 4) is 0 Å². The standard InChI is InChI=1S/C15H27F3N2/c1-3-12(2)13-9-19-14(7-5-4-6-8-14)10-20(13)11-15(16,17)18/h12-13,19H,3-11H2,1-2H3. The Balaban J connectivity index is 2.09. The number of halogens is 3. The Kier molecular flexibility index (Phi) is 5.00. The minimum absolute atomic E-state index is 0.00850. The van der Waals surface area contributed by atoms with E-state index in [2.05, 4.69) is 19.2 Å². The first kappa shape index (κ1) is 16.1. The molecule has 0 aromatic rings. The summed E-state index contributed by atoms with van der Waals surface area (Å²) in [5.74, 6) is 0.297. The van der Waals surface area contributed by atoms with E-state index < -0.39 is 12.7 Å². The van der Waals surface area contributed by atoms with Gasteiger partial charge >= 0.3 is 6.18 Å². The van der Waals surface area contributed by atoms with Gasteiger partial charge in [-0.3, -0.25) is 4.90 Å². The van der Waals surface area contributed by atoms with Gasteiger partial charge in [0.25, 0.3) is 0 Å². The first-order valence-corrected chi connectivity index (χ1v) is 7.91. The van der Waals surface area contributed by atoms with E-state index in [4.69, 9.17) is 0 Å². The second kappa shape index (κ2) is 6.22. The maximum atomic E-state index is 12.9. The van der Waals surface area contributed by atoms with E-state index in [1.54, 1.807) is 4.90 Å². The molecule has 1 aliphatic heterocycles. The molecule has 2 nitrogen and oxygen atoms in total. The fraction of sp³-hybridized carbons (Fsp3) is 1.00. The van der Waals surface area contributed by atoms with E-state index in [0.29, 0.717) is 19.0 Å². The second-order valence-electron chi connectivity index (χ2n) is 6.69. The topological polar surface area (TPSA) is 15.3 Å². The maximum Gasteiger partial charge on any atom is 0.401 e. The van der Waals surface area contributed by atoms with Crippen molar-refractivity contribution < 1.29 is 13.2 Å². The molecular weight excluding hydrogens is 265 g/mol. The lowest BCUT2D eigenvalue weighted by molar-refractivity contribution is -0.160. The van der Waals surface area contributed by atoms with Crippen LogP contribution in [0.25, 0.3) is 0 Å². The van der Waals surface area contributed by atoms with Gasteiger partial charge in [0.15, 0.2) is 0 Å². The highest BCUT2D eigenvalue weighted by Gasteiger charge is 2.44. The predicted octanol–water partition coefficient (Wildman–Crippen LogP) is 3.57. The molecule has 5 heteroatoms. The molecule has 1 saturated heterocycles. The van der Waals surface area contributed by atoms with Crippen LogP contribution in [0.4, 0.5) is 13.2 Å². The van der Waals surface area contributed by atoms with Crippen LogP contribution in [0.15, 0.2) is 0 Å². The molecule has 0 amide bonds. The van der Waals surface area contributed by atoms with Gasteiger partial charge in [0.2, 0.25) is 0 Å². The largest absolute Gasteiger partial charge is 0.401 e. The fourth-order valence-corrected chi connectivity index (χ4v) is 3.81. The van der Waals surface area contributed by atoms with E-state index in [9.17, 15) is 13.2 Å². The summed E-state index contributed by atoms with van der Waals surface area (Å²) in [7, 11) is 0. The minimum atomic E-state index is -4.10. The van der Waals surface area contributed by atoms with Gasteiger partial charge in [-0.25, -0.2) is 0 Å². The van der Waals surface area contributed by atoms with Gasteiger partial charge < -0.3 is 5.32 Å². The molecule has 0 radical (unpaired) electrons. The van der Waals surface area contributed by atoms with Crippen LogP contribution in [0.3, 0.4) is 0 Å². The lowest BCUT2D eigenvalue weighted by Crippen LogP contribution is -2.67. The summed E-state index contributed by atoms with van der Waals surface area (Å²) in [6.45, 7) is 4.62. The lowest BCUT2D eigenvalue weighted by atomic mass is 9.78. The van der Waals surface area contributed by atoms with Crippen molar-refractivity contribution in [3.05, 3.63) is 0 Å². The van der Waals surface area contributed by atoms with Gasteiger partial charge in [0.1, 0.15) is 0 Å². The zero-order valence-electron chi connectivity index (χ0n) is 12.6. The number of nitrogens with one attached hydrogen (secondary N) is 1. The van der Waals surface area contributed by atoms with Crippen LogP contribution in [-0.4, -0.2) is 42.3 Å². The van der Waals surface area contributed by atoms with Crippen LogP contribution in [-0.2, 0) is 0 Å². The second-order valence-corrected chi connectivity index (χ2v) is 6.69. The van der Waals surface area contributed by atoms with Crippen LogP contribution < -0.4 is 5.32 Å². The molecular formula is C15H27F3N2. The molecule has 118 valence electrons. The Labute approximate surface area is 120 Å². The molecule has 2 unspecified atom stereocenters. The monoisotopic (exact) mass is 292 g/mol. The molecule has 2 fully saturated rings. The lowest BCUT2D eigenvalue weighted by Gasteiger charge is -2.51. The Morgan fingerprint density at radius 1 is 1.25 bits per heavy atom. The number of piperazine rings is 1. The van der Waals surface area contributed by atoms with Crippen LogP contribution >= 0.6 is 0 Å². The number of hydrogen-bond acceptors (Lipinski definition) is 2. The molecule has 2 rings (SSSR count). The van der Waals surface area contributed by atoms with Crippen molar-refractivity contribution in [2.45, 2.75) is 70.1 Å². The highest BCUT2D eigenvalue weighted by Crippen LogP contribution is 2.34. The Morgan fingerprint density at radius 3 is 2.45 bits per heavy atom. The number of nitrogens with zero attached hydrogens (tertiary/aromatic N) is 1. The maximum absolute atomic E-state index is 12.9. The van der Waals surface area contributed by atoms with Crippen molar-refractivity contribution in [2.24, 2.45) is 5.92 Å². The molecule has 1 spiro atoms. The average Bonchev–Trinajstić information content (AvgIpc) is 2.37. The molecule has 2 aliphatic rings. The van der Waals surface area contributed by atoms with Crippen LogP contribution in [0, 0.1) is 5.92 Å². The molecule has 1 aliphatic carbocycles. The van der Waals surface area contributed by atoms with Gasteiger partial charge in [-0.2, -0.15) is 13.2 Å². The average molecular weight is 292 g/mol. The highest BCUT2D eigenvalue weighted by atomic mass is 19.4.